The number of hydrogen-bond donors (Lipinski definition) is 2. The number of phenols is 1. The van der Waals surface area contributed by atoms with Crippen LogP contribution in [0.25, 0.3) is 0 Å². The third-order valence-electron chi connectivity index (χ3n) is 11.0. The maximum absolute atomic E-state index is 10.0. The van der Waals surface area contributed by atoms with E-state index in [1.165, 1.54) is 62.5 Å². The lowest BCUT2D eigenvalue weighted by Gasteiger charge is -2.38. The van der Waals surface area contributed by atoms with Gasteiger partial charge in [0.25, 0.3) is 0 Å². The molecule has 6 rings (SSSR count). The molecule has 4 aliphatic rings. The third kappa shape index (κ3) is 8.35. The first-order valence-electron chi connectivity index (χ1n) is 18.0. The van der Waals surface area contributed by atoms with Crippen LogP contribution in [-0.2, 0) is 12.8 Å². The van der Waals surface area contributed by atoms with Crippen molar-refractivity contribution >= 4 is 34.7 Å². The highest BCUT2D eigenvalue weighted by Gasteiger charge is 2.41. The summed E-state index contributed by atoms with van der Waals surface area (Å²) in [5.41, 5.74) is 2.65. The Kier molecular flexibility index (Phi) is 11.4. The van der Waals surface area contributed by atoms with Crippen molar-refractivity contribution < 1.29 is 5.11 Å². The Morgan fingerprint density at radius 2 is 1.59 bits per heavy atom. The molecule has 46 heavy (non-hydrogen) atoms. The fraction of sp³-hybridized carbons (Fsp3) is 0.632. The number of thiocarbonyl (C=S) groups is 2. The van der Waals surface area contributed by atoms with Crippen LogP contribution in [0.3, 0.4) is 0 Å². The van der Waals surface area contributed by atoms with Crippen LogP contribution in [0.2, 0.25) is 0 Å². The van der Waals surface area contributed by atoms with E-state index in [0.717, 1.165) is 68.3 Å². The largest absolute Gasteiger partial charge is 0.508 e. The molecule has 250 valence electrons. The highest BCUT2D eigenvalue weighted by atomic mass is 32.1. The second kappa shape index (κ2) is 15.7. The van der Waals surface area contributed by atoms with Crippen LogP contribution in [0.5, 0.6) is 5.75 Å². The molecule has 2 N–H and O–H groups in total. The van der Waals surface area contributed by atoms with Gasteiger partial charge in [0.1, 0.15) is 5.75 Å². The summed E-state index contributed by atoms with van der Waals surface area (Å²) >= 11 is 12.3. The van der Waals surface area contributed by atoms with Gasteiger partial charge in [-0.25, -0.2) is 0 Å². The van der Waals surface area contributed by atoms with Gasteiger partial charge in [-0.2, -0.15) is 0 Å². The second-order valence-electron chi connectivity index (χ2n) is 14.9. The van der Waals surface area contributed by atoms with Crippen LogP contribution in [0, 0.1) is 11.8 Å². The Morgan fingerprint density at radius 1 is 0.826 bits per heavy atom. The van der Waals surface area contributed by atoms with Crippen molar-refractivity contribution in [1.29, 1.82) is 0 Å². The zero-order valence-corrected chi connectivity index (χ0v) is 29.7. The molecule has 1 saturated carbocycles. The summed E-state index contributed by atoms with van der Waals surface area (Å²) in [5, 5.41) is 15.5. The van der Waals surface area contributed by atoms with Gasteiger partial charge in [0.2, 0.25) is 0 Å². The van der Waals surface area contributed by atoms with E-state index in [2.05, 4.69) is 81.2 Å². The van der Waals surface area contributed by atoms with Crippen molar-refractivity contribution in [3.63, 3.8) is 0 Å². The van der Waals surface area contributed by atoms with Gasteiger partial charge in [-0.15, -0.1) is 0 Å². The molecular weight excluding hydrogens is 607 g/mol. The molecule has 0 aromatic heterocycles. The average Bonchev–Trinajstić information content (AvgIpc) is 3.73. The summed E-state index contributed by atoms with van der Waals surface area (Å²) in [6.07, 6.45) is 12.3. The number of nitrogens with zero attached hydrogens (tertiary/aromatic N) is 4. The molecule has 0 spiro atoms. The molecule has 0 radical (unpaired) electrons. The molecule has 3 saturated heterocycles. The molecule has 2 aromatic rings. The van der Waals surface area contributed by atoms with Crippen LogP contribution < -0.4 is 5.32 Å². The first-order chi connectivity index (χ1) is 22.3. The molecule has 3 aliphatic heterocycles. The van der Waals surface area contributed by atoms with E-state index in [9.17, 15) is 5.11 Å². The van der Waals surface area contributed by atoms with E-state index in [1.807, 2.05) is 12.1 Å². The van der Waals surface area contributed by atoms with Gasteiger partial charge in [-0.3, -0.25) is 4.90 Å². The standard InChI is InChI=1S/C38H55N5OS2/c1-28(2)20-33-23-39-37(45)41(33)26-32-14-9-19-40(32)25-34(22-30-15-17-36(44)18-16-30)43-27-35(21-29-10-5-3-6-11-29)42(38(43)46)24-31-12-7-4-8-13-31/h3,5-6,10-11,15-18,28,31-35,44H,4,7-9,12-14,19-27H2,1-2H3,(H,39,45)/t32?,33-,34-,35-/m0/s1. The Hall–Kier alpha value is -2.42. The summed E-state index contributed by atoms with van der Waals surface area (Å²) in [4.78, 5) is 10.5. The lowest BCUT2D eigenvalue weighted by molar-refractivity contribution is 0.156. The van der Waals surface area contributed by atoms with Crippen molar-refractivity contribution in [1.82, 2.24) is 24.9 Å². The summed E-state index contributed by atoms with van der Waals surface area (Å²) in [5.74, 6) is 1.71. The Bertz CT molecular complexity index is 1280. The predicted octanol–water partition coefficient (Wildman–Crippen LogP) is 6.47. The van der Waals surface area contributed by atoms with Crippen molar-refractivity contribution in [3.8, 4) is 5.75 Å². The van der Waals surface area contributed by atoms with Crippen LogP contribution in [0.4, 0.5) is 0 Å². The van der Waals surface area contributed by atoms with Crippen LogP contribution in [-0.4, -0.2) is 98.4 Å². The van der Waals surface area contributed by atoms with Gasteiger partial charge >= 0.3 is 0 Å². The Balaban J connectivity index is 1.23. The molecule has 8 heteroatoms. The highest BCUT2D eigenvalue weighted by molar-refractivity contribution is 7.80. The fourth-order valence-corrected chi connectivity index (χ4v) is 9.31. The van der Waals surface area contributed by atoms with Gasteiger partial charge in [0, 0.05) is 50.8 Å². The minimum atomic E-state index is 0.266. The lowest BCUT2D eigenvalue weighted by atomic mass is 9.88. The van der Waals surface area contributed by atoms with E-state index >= 15 is 0 Å². The monoisotopic (exact) mass is 661 g/mol. The molecule has 0 bridgehead atoms. The van der Waals surface area contributed by atoms with E-state index in [1.54, 1.807) is 0 Å². The topological polar surface area (TPSA) is 45.2 Å². The average molecular weight is 662 g/mol. The lowest BCUT2D eigenvalue weighted by Crippen LogP contribution is -2.51. The zero-order chi connectivity index (χ0) is 32.0. The van der Waals surface area contributed by atoms with Crippen molar-refractivity contribution in [3.05, 3.63) is 65.7 Å². The van der Waals surface area contributed by atoms with E-state index in [0.29, 0.717) is 29.8 Å². The van der Waals surface area contributed by atoms with Gasteiger partial charge in [0.15, 0.2) is 10.2 Å². The number of likely N-dealkylation sites (tertiary alicyclic amines) is 1. The first kappa shape index (κ1) is 33.5. The molecule has 0 amide bonds. The summed E-state index contributed by atoms with van der Waals surface area (Å²) in [7, 11) is 0. The number of benzene rings is 2. The normalized spacial score (nSPS) is 25.2. The Morgan fingerprint density at radius 3 is 2.33 bits per heavy atom. The summed E-state index contributed by atoms with van der Waals surface area (Å²) in [6.45, 7) is 10.8. The van der Waals surface area contributed by atoms with Gasteiger partial charge < -0.3 is 25.1 Å². The quantitative estimate of drug-likeness (QED) is 0.237. The summed E-state index contributed by atoms with van der Waals surface area (Å²) < 4.78 is 0. The van der Waals surface area contributed by atoms with Gasteiger partial charge in [-0.05, 0) is 111 Å². The SMILES string of the molecule is CC(C)C[C@H]1CNC(=S)N1CC1CCCN1C[C@H](Cc1ccc(O)cc1)N1C[C@H](Cc2ccccc2)N(CC2CCCCC2)C1=S. The Labute approximate surface area is 288 Å². The smallest absolute Gasteiger partial charge is 0.172 e. The van der Waals surface area contributed by atoms with Crippen LogP contribution in [0.1, 0.15) is 76.3 Å². The maximum atomic E-state index is 10.0. The molecule has 1 aliphatic carbocycles. The predicted molar refractivity (Wildman–Crippen MR) is 197 cm³/mol. The van der Waals surface area contributed by atoms with Crippen LogP contribution >= 0.6 is 24.4 Å². The zero-order valence-electron chi connectivity index (χ0n) is 28.0. The van der Waals surface area contributed by atoms with Crippen molar-refractivity contribution in [2.24, 2.45) is 11.8 Å². The fourth-order valence-electron chi connectivity index (χ4n) is 8.55. The molecule has 4 atom stereocenters. The second-order valence-corrected chi connectivity index (χ2v) is 15.6. The van der Waals surface area contributed by atoms with Gasteiger partial charge in [-0.1, -0.05) is 75.6 Å². The maximum Gasteiger partial charge on any atom is 0.172 e. The highest BCUT2D eigenvalue weighted by Crippen LogP contribution is 2.31. The first-order valence-corrected chi connectivity index (χ1v) is 18.8. The molecule has 1 unspecified atom stereocenters. The van der Waals surface area contributed by atoms with Crippen molar-refractivity contribution in [2.45, 2.75) is 102 Å². The number of nitrogens with one attached hydrogen (secondary N) is 1. The molecule has 3 heterocycles. The number of phenolic OH excluding ortho intramolecular Hbond substituents is 1. The summed E-state index contributed by atoms with van der Waals surface area (Å²) in [6, 6.07) is 20.5. The molecule has 6 nitrogen and oxygen atoms in total. The molecule has 2 aromatic carbocycles. The van der Waals surface area contributed by atoms with E-state index in [4.69, 9.17) is 24.4 Å². The molecular formula is C38H55N5OS2. The minimum Gasteiger partial charge on any atom is -0.508 e. The van der Waals surface area contributed by atoms with Crippen molar-refractivity contribution in [2.75, 3.05) is 39.3 Å². The van der Waals surface area contributed by atoms with E-state index in [-0.39, 0.29) is 6.04 Å². The van der Waals surface area contributed by atoms with Gasteiger partial charge in [0.05, 0.1) is 6.04 Å². The number of rotatable bonds is 13. The number of aromatic hydroxyl groups is 1. The van der Waals surface area contributed by atoms with E-state index < -0.39 is 0 Å². The van der Waals surface area contributed by atoms with Crippen LogP contribution in [0.15, 0.2) is 54.6 Å². The minimum absolute atomic E-state index is 0.266. The number of hydrogen-bond acceptors (Lipinski definition) is 4. The third-order valence-corrected chi connectivity index (χ3v) is 11.8. The molecule has 4 fully saturated rings.